The van der Waals surface area contributed by atoms with Crippen LogP contribution in [0.1, 0.15) is 115 Å². The molecule has 36 heavy (non-hydrogen) atoms. The summed E-state index contributed by atoms with van der Waals surface area (Å²) in [6.07, 6.45) is 18.0. The Bertz CT molecular complexity index is 776. The highest BCUT2D eigenvalue weighted by atomic mass is 19.2. The number of unbranched alkanes of at least 4 members (excludes halogenated alkanes) is 2. The predicted molar refractivity (Wildman–Crippen MR) is 140 cm³/mol. The zero-order valence-corrected chi connectivity index (χ0v) is 22.6. The molecule has 5 heteroatoms. The molecule has 3 fully saturated rings. The highest BCUT2D eigenvalue weighted by Gasteiger charge is 2.32. The van der Waals surface area contributed by atoms with Crippen LogP contribution in [-0.2, 0) is 9.47 Å². The SMILES string of the molecule is CCCCCC1CCC(C2CCC(COC3CCC(c4ccc(OCC)c(F)c4F)CO3)CC2)CC1. The number of benzene rings is 1. The molecule has 0 spiro atoms. The fourth-order valence-corrected chi connectivity index (χ4v) is 6.93. The molecule has 1 aliphatic heterocycles. The van der Waals surface area contributed by atoms with Crippen LogP contribution in [0.2, 0.25) is 0 Å². The van der Waals surface area contributed by atoms with E-state index in [1.165, 1.54) is 83.1 Å². The predicted octanol–water partition coefficient (Wildman–Crippen LogP) is 8.79. The van der Waals surface area contributed by atoms with Gasteiger partial charge in [0.2, 0.25) is 5.82 Å². The maximum Gasteiger partial charge on any atom is 0.200 e. The number of ether oxygens (including phenoxy) is 3. The number of hydrogen-bond donors (Lipinski definition) is 0. The third-order valence-corrected chi connectivity index (χ3v) is 9.23. The number of hydrogen-bond acceptors (Lipinski definition) is 3. The van der Waals surface area contributed by atoms with Crippen molar-refractivity contribution in [3.05, 3.63) is 29.3 Å². The van der Waals surface area contributed by atoms with Gasteiger partial charge in [-0.1, -0.05) is 51.5 Å². The van der Waals surface area contributed by atoms with E-state index in [-0.39, 0.29) is 18.0 Å². The Balaban J connectivity index is 1.12. The van der Waals surface area contributed by atoms with Crippen molar-refractivity contribution in [1.29, 1.82) is 0 Å². The van der Waals surface area contributed by atoms with E-state index >= 15 is 0 Å². The Labute approximate surface area is 217 Å². The van der Waals surface area contributed by atoms with Gasteiger partial charge in [-0.3, -0.25) is 0 Å². The minimum Gasteiger partial charge on any atom is -0.491 e. The molecule has 2 atom stereocenters. The summed E-state index contributed by atoms with van der Waals surface area (Å²) in [6, 6.07) is 3.16. The molecule has 204 valence electrons. The van der Waals surface area contributed by atoms with E-state index in [1.807, 2.05) is 0 Å². The maximum atomic E-state index is 14.6. The lowest BCUT2D eigenvalue weighted by molar-refractivity contribution is -0.175. The molecule has 3 nitrogen and oxygen atoms in total. The van der Waals surface area contributed by atoms with Crippen LogP contribution >= 0.6 is 0 Å². The minimum absolute atomic E-state index is 0.0264. The Kier molecular flexibility index (Phi) is 10.9. The Morgan fingerprint density at radius 2 is 1.50 bits per heavy atom. The standard InChI is InChI=1S/C31H48F2O3/c1-3-5-6-7-22-8-12-24(13-9-22)25-14-10-23(11-15-25)20-35-29-19-16-26(21-36-29)27-17-18-28(34-4-2)31(33)30(27)32/h17-18,22-26,29H,3-16,19-21H2,1-2H3. The average Bonchev–Trinajstić information content (AvgIpc) is 2.92. The molecule has 4 rings (SSSR count). The van der Waals surface area contributed by atoms with Crippen molar-refractivity contribution in [2.75, 3.05) is 19.8 Å². The smallest absolute Gasteiger partial charge is 0.200 e. The summed E-state index contributed by atoms with van der Waals surface area (Å²) < 4.78 is 46.1. The highest BCUT2D eigenvalue weighted by Crippen LogP contribution is 2.42. The van der Waals surface area contributed by atoms with Gasteiger partial charge in [0.25, 0.3) is 0 Å². The molecule has 3 aliphatic rings. The van der Waals surface area contributed by atoms with Crippen LogP contribution in [0.15, 0.2) is 12.1 Å². The van der Waals surface area contributed by atoms with Crippen LogP contribution in [0.25, 0.3) is 0 Å². The van der Waals surface area contributed by atoms with Crippen molar-refractivity contribution in [2.24, 2.45) is 23.7 Å². The Morgan fingerprint density at radius 1 is 0.806 bits per heavy atom. The topological polar surface area (TPSA) is 27.7 Å². The Hall–Kier alpha value is -1.20. The fraction of sp³-hybridized carbons (Fsp3) is 0.806. The van der Waals surface area contributed by atoms with Gasteiger partial charge in [0.05, 0.1) is 19.8 Å². The zero-order chi connectivity index (χ0) is 25.3. The Morgan fingerprint density at radius 3 is 2.11 bits per heavy atom. The van der Waals surface area contributed by atoms with Crippen molar-refractivity contribution < 1.29 is 23.0 Å². The van der Waals surface area contributed by atoms with Gasteiger partial charge in [0.15, 0.2) is 17.9 Å². The van der Waals surface area contributed by atoms with Gasteiger partial charge in [-0.25, -0.2) is 4.39 Å². The molecule has 0 N–H and O–H groups in total. The zero-order valence-electron chi connectivity index (χ0n) is 22.6. The average molecular weight is 507 g/mol. The van der Waals surface area contributed by atoms with Crippen LogP contribution in [0.3, 0.4) is 0 Å². The third-order valence-electron chi connectivity index (χ3n) is 9.23. The molecule has 0 bridgehead atoms. The van der Waals surface area contributed by atoms with Crippen molar-refractivity contribution >= 4 is 0 Å². The highest BCUT2D eigenvalue weighted by molar-refractivity contribution is 5.33. The molecule has 1 heterocycles. The van der Waals surface area contributed by atoms with Crippen LogP contribution in [0.4, 0.5) is 8.78 Å². The second kappa shape index (κ2) is 14.1. The molecule has 1 aromatic carbocycles. The minimum atomic E-state index is -0.900. The third kappa shape index (κ3) is 7.43. The largest absolute Gasteiger partial charge is 0.491 e. The fourth-order valence-electron chi connectivity index (χ4n) is 6.93. The first-order valence-corrected chi connectivity index (χ1v) is 14.9. The van der Waals surface area contributed by atoms with Crippen molar-refractivity contribution in [3.8, 4) is 5.75 Å². The van der Waals surface area contributed by atoms with Crippen molar-refractivity contribution in [1.82, 2.24) is 0 Å². The van der Waals surface area contributed by atoms with Gasteiger partial charge in [-0.2, -0.15) is 4.39 Å². The summed E-state index contributed by atoms with van der Waals surface area (Å²) in [5, 5.41) is 0. The molecule has 0 aromatic heterocycles. The van der Waals surface area contributed by atoms with Gasteiger partial charge in [0.1, 0.15) is 0 Å². The van der Waals surface area contributed by atoms with E-state index in [2.05, 4.69) is 6.92 Å². The molecule has 1 saturated heterocycles. The lowest BCUT2D eigenvalue weighted by atomic mass is 9.69. The summed E-state index contributed by atoms with van der Waals surface area (Å²) in [6.45, 7) is 5.49. The van der Waals surface area contributed by atoms with E-state index in [4.69, 9.17) is 14.2 Å². The summed E-state index contributed by atoms with van der Waals surface area (Å²) >= 11 is 0. The second-order valence-corrected chi connectivity index (χ2v) is 11.6. The first kappa shape index (κ1) is 27.8. The second-order valence-electron chi connectivity index (χ2n) is 11.6. The first-order chi connectivity index (χ1) is 17.6. The van der Waals surface area contributed by atoms with E-state index in [0.717, 1.165) is 37.2 Å². The van der Waals surface area contributed by atoms with Gasteiger partial charge >= 0.3 is 0 Å². The molecular formula is C31H48F2O3. The maximum absolute atomic E-state index is 14.6. The first-order valence-electron chi connectivity index (χ1n) is 14.9. The summed E-state index contributed by atoms with van der Waals surface area (Å²) in [5.74, 6) is 1.63. The van der Waals surface area contributed by atoms with Gasteiger partial charge in [-0.05, 0) is 93.6 Å². The summed E-state index contributed by atoms with van der Waals surface area (Å²) in [7, 11) is 0. The normalized spacial score (nSPS) is 31.3. The van der Waals surface area contributed by atoms with Crippen molar-refractivity contribution in [2.45, 2.75) is 116 Å². The molecule has 0 radical (unpaired) electrons. The van der Waals surface area contributed by atoms with Crippen LogP contribution in [0, 0.1) is 35.3 Å². The van der Waals surface area contributed by atoms with E-state index in [1.54, 1.807) is 13.0 Å². The van der Waals surface area contributed by atoms with Gasteiger partial charge in [0, 0.05) is 5.92 Å². The summed E-state index contributed by atoms with van der Waals surface area (Å²) in [5.41, 5.74) is 0.378. The molecular weight excluding hydrogens is 458 g/mol. The molecule has 2 saturated carbocycles. The lowest BCUT2D eigenvalue weighted by Gasteiger charge is -2.38. The quantitative estimate of drug-likeness (QED) is 0.281. The van der Waals surface area contributed by atoms with Gasteiger partial charge < -0.3 is 14.2 Å². The van der Waals surface area contributed by atoms with Gasteiger partial charge in [-0.15, -0.1) is 0 Å². The van der Waals surface area contributed by atoms with E-state index < -0.39 is 11.6 Å². The van der Waals surface area contributed by atoms with Crippen LogP contribution < -0.4 is 4.74 Å². The molecule has 0 amide bonds. The number of halogens is 2. The number of rotatable bonds is 11. The summed E-state index contributed by atoms with van der Waals surface area (Å²) in [4.78, 5) is 0. The van der Waals surface area contributed by atoms with E-state index in [9.17, 15) is 8.78 Å². The van der Waals surface area contributed by atoms with Crippen molar-refractivity contribution in [3.63, 3.8) is 0 Å². The lowest BCUT2D eigenvalue weighted by Crippen LogP contribution is -2.31. The van der Waals surface area contributed by atoms with E-state index in [0.29, 0.717) is 24.7 Å². The van der Waals surface area contributed by atoms with Crippen LogP contribution in [-0.4, -0.2) is 26.1 Å². The molecule has 1 aromatic rings. The molecule has 2 aliphatic carbocycles. The molecule has 2 unspecified atom stereocenters. The van der Waals surface area contributed by atoms with Crippen LogP contribution in [0.5, 0.6) is 5.75 Å². The monoisotopic (exact) mass is 506 g/mol.